The van der Waals surface area contributed by atoms with Gasteiger partial charge in [-0.25, -0.2) is 0 Å². The number of hydrogen-bond acceptors (Lipinski definition) is 7. The maximum atomic E-state index is 12.8. The Kier molecular flexibility index (Phi) is 4.01. The van der Waals surface area contributed by atoms with Crippen LogP contribution in [0.15, 0.2) is 22.7 Å². The molecule has 1 aliphatic carbocycles. The fourth-order valence-electron chi connectivity index (χ4n) is 2.47. The molecule has 3 rings (SSSR count). The van der Waals surface area contributed by atoms with E-state index in [1.54, 1.807) is 0 Å². The van der Waals surface area contributed by atoms with Gasteiger partial charge in [0.1, 0.15) is 11.3 Å². The quantitative estimate of drug-likeness (QED) is 0.448. The lowest BCUT2D eigenvalue weighted by Crippen LogP contribution is -2.25. The molecule has 0 amide bonds. The van der Waals surface area contributed by atoms with Gasteiger partial charge < -0.3 is 14.4 Å². The summed E-state index contributed by atoms with van der Waals surface area (Å²) >= 11 is 0. The third kappa shape index (κ3) is 3.03. The van der Waals surface area contributed by atoms with E-state index in [9.17, 15) is 38.0 Å². The minimum atomic E-state index is -4.85. The van der Waals surface area contributed by atoms with Crippen LogP contribution in [-0.4, -0.2) is 21.8 Å². The van der Waals surface area contributed by atoms with Gasteiger partial charge in [-0.2, -0.15) is 13.2 Å². The number of aromatic nitrogens is 1. The van der Waals surface area contributed by atoms with Gasteiger partial charge in [-0.05, 0) is 25.0 Å². The molecular formula is C15H8F3N2O6-. The minimum Gasteiger partial charge on any atom is -0.543 e. The molecule has 8 nitrogen and oxygen atoms in total. The second-order valence-electron chi connectivity index (χ2n) is 5.65. The lowest BCUT2D eigenvalue weighted by atomic mass is 9.97. The Morgan fingerprint density at radius 2 is 1.92 bits per heavy atom. The van der Waals surface area contributed by atoms with E-state index in [1.807, 2.05) is 0 Å². The maximum absolute atomic E-state index is 12.8. The average molecular weight is 369 g/mol. The molecule has 0 N–H and O–H groups in total. The molecule has 0 atom stereocenters. The number of alkyl halides is 3. The Balaban J connectivity index is 2.16. The highest BCUT2D eigenvalue weighted by Crippen LogP contribution is 2.43. The molecule has 11 heteroatoms. The number of carbonyl (C=O) groups is 2. The number of nitro groups is 1. The van der Waals surface area contributed by atoms with Crippen molar-refractivity contribution in [2.45, 2.75) is 24.9 Å². The number of nitro benzene ring substituents is 1. The highest BCUT2D eigenvalue weighted by atomic mass is 19.4. The largest absolute Gasteiger partial charge is 0.543 e. The Labute approximate surface area is 142 Å². The van der Waals surface area contributed by atoms with Crippen molar-refractivity contribution in [1.29, 1.82) is 0 Å². The molecule has 1 saturated carbocycles. The predicted octanol–water partition coefficient (Wildman–Crippen LogP) is 2.07. The smallest absolute Gasteiger partial charge is 0.416 e. The number of carbonyl (C=O) groups excluding carboxylic acids is 2. The number of carboxylic acids is 1. The standard InChI is InChI=1S/C15H9F3N2O6/c16-15(17,18)7-3-4-8(9(5-7)20(24)25)12(21)10-11(14(22)23)19-26-13(10)6-1-2-6/h3-6H,1-2H2,(H,22,23)/p-1. The average Bonchev–Trinajstić information content (AvgIpc) is 3.30. The van der Waals surface area contributed by atoms with E-state index in [2.05, 4.69) is 5.16 Å². The lowest BCUT2D eigenvalue weighted by molar-refractivity contribution is -0.385. The summed E-state index contributed by atoms with van der Waals surface area (Å²) in [4.78, 5) is 33.8. The Hall–Kier alpha value is -3.24. The van der Waals surface area contributed by atoms with Crippen molar-refractivity contribution in [3.8, 4) is 0 Å². The molecular weight excluding hydrogens is 361 g/mol. The van der Waals surface area contributed by atoms with Crippen LogP contribution in [0.25, 0.3) is 0 Å². The van der Waals surface area contributed by atoms with Crippen molar-refractivity contribution in [2.24, 2.45) is 0 Å². The van der Waals surface area contributed by atoms with Crippen molar-refractivity contribution in [1.82, 2.24) is 5.16 Å². The van der Waals surface area contributed by atoms with E-state index in [0.717, 1.165) is 0 Å². The van der Waals surface area contributed by atoms with E-state index < -0.39 is 50.9 Å². The molecule has 0 saturated heterocycles. The van der Waals surface area contributed by atoms with Crippen LogP contribution in [0.4, 0.5) is 18.9 Å². The molecule has 2 aromatic rings. The summed E-state index contributed by atoms with van der Waals surface area (Å²) in [7, 11) is 0. The zero-order valence-corrected chi connectivity index (χ0v) is 12.7. The molecule has 26 heavy (non-hydrogen) atoms. The Morgan fingerprint density at radius 3 is 2.42 bits per heavy atom. The first-order valence-corrected chi connectivity index (χ1v) is 7.22. The van der Waals surface area contributed by atoms with Gasteiger partial charge in [-0.15, -0.1) is 0 Å². The Morgan fingerprint density at radius 1 is 1.27 bits per heavy atom. The van der Waals surface area contributed by atoms with Crippen molar-refractivity contribution >= 4 is 17.4 Å². The number of nitrogens with zero attached hydrogens (tertiary/aromatic N) is 2. The molecule has 1 aromatic carbocycles. The molecule has 136 valence electrons. The van der Waals surface area contributed by atoms with Crippen LogP contribution < -0.4 is 5.11 Å². The van der Waals surface area contributed by atoms with Crippen molar-refractivity contribution < 1.29 is 37.3 Å². The van der Waals surface area contributed by atoms with Gasteiger partial charge in [-0.1, -0.05) is 5.16 Å². The lowest BCUT2D eigenvalue weighted by Gasteiger charge is -2.09. The highest BCUT2D eigenvalue weighted by molar-refractivity contribution is 6.16. The number of aromatic carboxylic acids is 1. The number of benzene rings is 1. The summed E-state index contributed by atoms with van der Waals surface area (Å²) < 4.78 is 43.2. The molecule has 0 spiro atoms. The van der Waals surface area contributed by atoms with Crippen molar-refractivity contribution in [3.63, 3.8) is 0 Å². The summed E-state index contributed by atoms with van der Waals surface area (Å²) in [6, 6.07) is 1.35. The first-order valence-electron chi connectivity index (χ1n) is 7.22. The van der Waals surface area contributed by atoms with E-state index in [0.29, 0.717) is 25.0 Å². The van der Waals surface area contributed by atoms with Crippen LogP contribution in [-0.2, 0) is 6.18 Å². The maximum Gasteiger partial charge on any atom is 0.416 e. The van der Waals surface area contributed by atoms with E-state index in [-0.39, 0.29) is 17.7 Å². The van der Waals surface area contributed by atoms with Gasteiger partial charge in [0, 0.05) is 12.0 Å². The fraction of sp³-hybridized carbons (Fsp3) is 0.267. The molecule has 0 radical (unpaired) electrons. The van der Waals surface area contributed by atoms with Crippen LogP contribution >= 0.6 is 0 Å². The van der Waals surface area contributed by atoms with Gasteiger partial charge >= 0.3 is 6.18 Å². The SMILES string of the molecule is O=C([O-])c1noc(C2CC2)c1C(=O)c1ccc(C(F)(F)F)cc1[N+](=O)[O-]. The van der Waals surface area contributed by atoms with Crippen LogP contribution in [0.5, 0.6) is 0 Å². The molecule has 1 heterocycles. The molecule has 1 aliphatic rings. The first-order chi connectivity index (χ1) is 12.1. The number of halogens is 3. The molecule has 0 aliphatic heterocycles. The molecule has 0 unspecified atom stereocenters. The van der Waals surface area contributed by atoms with Crippen molar-refractivity contribution in [3.05, 3.63) is 56.5 Å². The Bertz CT molecular complexity index is 930. The summed E-state index contributed by atoms with van der Waals surface area (Å²) in [6.45, 7) is 0. The number of ketones is 1. The third-order valence-electron chi connectivity index (χ3n) is 3.85. The number of hydrogen-bond donors (Lipinski definition) is 0. The molecule has 1 fully saturated rings. The van der Waals surface area contributed by atoms with Crippen molar-refractivity contribution in [2.75, 3.05) is 0 Å². The van der Waals surface area contributed by atoms with Gasteiger partial charge in [0.05, 0.1) is 22.0 Å². The zero-order valence-electron chi connectivity index (χ0n) is 12.7. The predicted molar refractivity (Wildman–Crippen MR) is 74.3 cm³/mol. The zero-order chi connectivity index (χ0) is 19.2. The van der Waals surface area contributed by atoms with Gasteiger partial charge in [0.2, 0.25) is 5.78 Å². The first kappa shape index (κ1) is 17.6. The van der Waals surface area contributed by atoms with Crippen LogP contribution in [0.1, 0.15) is 56.5 Å². The second kappa shape index (κ2) is 5.93. The van der Waals surface area contributed by atoms with Gasteiger partial charge in [0.25, 0.3) is 5.69 Å². The summed E-state index contributed by atoms with van der Waals surface area (Å²) in [5.41, 5.74) is -4.48. The van der Waals surface area contributed by atoms with E-state index >= 15 is 0 Å². The van der Waals surface area contributed by atoms with E-state index in [4.69, 9.17) is 4.52 Å². The van der Waals surface area contributed by atoms with Crippen LogP contribution in [0.3, 0.4) is 0 Å². The number of rotatable bonds is 5. The van der Waals surface area contributed by atoms with Gasteiger partial charge in [-0.3, -0.25) is 14.9 Å². The highest BCUT2D eigenvalue weighted by Gasteiger charge is 2.38. The van der Waals surface area contributed by atoms with Crippen LogP contribution in [0, 0.1) is 10.1 Å². The second-order valence-corrected chi connectivity index (χ2v) is 5.65. The van der Waals surface area contributed by atoms with E-state index in [1.165, 1.54) is 0 Å². The molecule has 1 aromatic heterocycles. The fourth-order valence-corrected chi connectivity index (χ4v) is 2.47. The van der Waals surface area contributed by atoms with Crippen LogP contribution in [0.2, 0.25) is 0 Å². The normalized spacial score (nSPS) is 14.3. The topological polar surface area (TPSA) is 126 Å². The number of carboxylic acid groups (broad SMARTS) is 1. The molecule has 0 bridgehead atoms. The minimum absolute atomic E-state index is 0.0663. The summed E-state index contributed by atoms with van der Waals surface area (Å²) in [5, 5.41) is 25.5. The third-order valence-corrected chi connectivity index (χ3v) is 3.85. The summed E-state index contributed by atoms with van der Waals surface area (Å²) in [6.07, 6.45) is -3.66. The monoisotopic (exact) mass is 369 g/mol. The van der Waals surface area contributed by atoms with Gasteiger partial charge in [0.15, 0.2) is 5.76 Å². The summed E-state index contributed by atoms with van der Waals surface area (Å²) in [5.74, 6) is -3.34.